The molecule has 0 heterocycles. The summed E-state index contributed by atoms with van der Waals surface area (Å²) >= 11 is 5.97. The Hall–Kier alpha value is -2.73. The quantitative estimate of drug-likeness (QED) is 0.614. The van der Waals surface area contributed by atoms with E-state index in [9.17, 15) is 9.59 Å². The molecule has 0 saturated heterocycles. The molecule has 0 saturated carbocycles. The summed E-state index contributed by atoms with van der Waals surface area (Å²) in [4.78, 5) is 27.2. The average Bonchev–Trinajstić information content (AvgIpc) is 2.75. The molecule has 0 unspecified atom stereocenters. The Labute approximate surface area is 183 Å². The van der Waals surface area contributed by atoms with E-state index >= 15 is 0 Å². The fraction of sp³-hybridized carbons (Fsp3) is 0.391. The number of carbonyl (C=O) groups excluding carboxylic acids is 2. The highest BCUT2D eigenvalue weighted by molar-refractivity contribution is 6.30. The van der Waals surface area contributed by atoms with Crippen molar-refractivity contribution in [2.24, 2.45) is 0 Å². The van der Waals surface area contributed by atoms with Crippen LogP contribution in [0, 0.1) is 0 Å². The highest BCUT2D eigenvalue weighted by Gasteiger charge is 2.27. The Bertz CT molecular complexity index is 859. The van der Waals surface area contributed by atoms with Crippen LogP contribution in [0.3, 0.4) is 0 Å². The number of nitrogens with one attached hydrogen (secondary N) is 1. The van der Waals surface area contributed by atoms with E-state index in [2.05, 4.69) is 5.32 Å². The Morgan fingerprint density at radius 1 is 1.10 bits per heavy atom. The molecule has 0 aliphatic heterocycles. The number of amides is 2. The summed E-state index contributed by atoms with van der Waals surface area (Å²) in [6, 6.07) is 13.6. The Kier molecular flexibility index (Phi) is 8.99. The van der Waals surface area contributed by atoms with Crippen molar-refractivity contribution in [2.75, 3.05) is 13.7 Å². The van der Waals surface area contributed by atoms with Crippen LogP contribution in [-0.4, -0.2) is 42.5 Å². The normalized spacial score (nSPS) is 12.6. The molecule has 7 heteroatoms. The maximum absolute atomic E-state index is 13.0. The predicted molar refractivity (Wildman–Crippen MR) is 118 cm³/mol. The Morgan fingerprint density at radius 2 is 1.80 bits per heavy atom. The maximum Gasteiger partial charge on any atom is 0.261 e. The van der Waals surface area contributed by atoms with Crippen LogP contribution in [0.15, 0.2) is 48.5 Å². The molecule has 0 aliphatic carbocycles. The highest BCUT2D eigenvalue weighted by atomic mass is 35.5. The van der Waals surface area contributed by atoms with Crippen molar-refractivity contribution < 1.29 is 19.1 Å². The second-order valence-corrected chi connectivity index (χ2v) is 7.55. The van der Waals surface area contributed by atoms with E-state index in [0.717, 1.165) is 12.0 Å². The van der Waals surface area contributed by atoms with Crippen LogP contribution in [0.25, 0.3) is 0 Å². The minimum Gasteiger partial charge on any atom is -0.497 e. The lowest BCUT2D eigenvalue weighted by molar-refractivity contribution is -0.142. The van der Waals surface area contributed by atoms with Gasteiger partial charge in [0, 0.05) is 17.6 Å². The lowest BCUT2D eigenvalue weighted by Crippen LogP contribution is -2.50. The number of carbonyl (C=O) groups is 2. The van der Waals surface area contributed by atoms with Crippen LogP contribution >= 0.6 is 11.6 Å². The van der Waals surface area contributed by atoms with Crippen molar-refractivity contribution in [3.05, 3.63) is 59.1 Å². The third kappa shape index (κ3) is 6.95. The molecule has 0 radical (unpaired) electrons. The number of hydrogen-bond acceptors (Lipinski definition) is 4. The van der Waals surface area contributed by atoms with Gasteiger partial charge >= 0.3 is 0 Å². The smallest absolute Gasteiger partial charge is 0.261 e. The highest BCUT2D eigenvalue weighted by Crippen LogP contribution is 2.19. The summed E-state index contributed by atoms with van der Waals surface area (Å²) in [5.41, 5.74) is 0.855. The fourth-order valence-electron chi connectivity index (χ4n) is 2.80. The number of benzene rings is 2. The summed E-state index contributed by atoms with van der Waals surface area (Å²) in [6.45, 7) is 5.69. The molecule has 0 bridgehead atoms. The van der Waals surface area contributed by atoms with E-state index in [4.69, 9.17) is 21.1 Å². The van der Waals surface area contributed by atoms with Crippen molar-refractivity contribution in [3.8, 4) is 11.5 Å². The molecule has 0 fully saturated rings. The molecule has 2 atom stereocenters. The molecule has 2 aromatic carbocycles. The molecule has 162 valence electrons. The zero-order chi connectivity index (χ0) is 22.1. The first-order chi connectivity index (χ1) is 14.3. The van der Waals surface area contributed by atoms with Crippen LogP contribution in [0.1, 0.15) is 32.8 Å². The van der Waals surface area contributed by atoms with Gasteiger partial charge < -0.3 is 19.7 Å². The van der Waals surface area contributed by atoms with Gasteiger partial charge in [-0.2, -0.15) is 0 Å². The predicted octanol–water partition coefficient (Wildman–Crippen LogP) is 4.06. The van der Waals surface area contributed by atoms with Gasteiger partial charge in [-0.05, 0) is 56.2 Å². The van der Waals surface area contributed by atoms with E-state index in [0.29, 0.717) is 16.5 Å². The lowest BCUT2D eigenvalue weighted by atomic mass is 10.1. The maximum atomic E-state index is 13.0. The molecule has 0 spiro atoms. The van der Waals surface area contributed by atoms with Crippen molar-refractivity contribution >= 4 is 23.4 Å². The third-order valence-corrected chi connectivity index (χ3v) is 5.05. The summed E-state index contributed by atoms with van der Waals surface area (Å²) in [5.74, 6) is 0.675. The van der Waals surface area contributed by atoms with Crippen LogP contribution in [0.2, 0.25) is 5.02 Å². The van der Waals surface area contributed by atoms with E-state index in [1.54, 1.807) is 38.3 Å². The first-order valence-corrected chi connectivity index (χ1v) is 10.3. The zero-order valence-corrected chi connectivity index (χ0v) is 18.6. The van der Waals surface area contributed by atoms with Gasteiger partial charge in [-0.3, -0.25) is 9.59 Å². The molecule has 2 rings (SSSR count). The van der Waals surface area contributed by atoms with Gasteiger partial charge in [0.1, 0.15) is 17.5 Å². The second-order valence-electron chi connectivity index (χ2n) is 7.11. The van der Waals surface area contributed by atoms with Crippen molar-refractivity contribution in [3.63, 3.8) is 0 Å². The minimum atomic E-state index is -0.666. The van der Waals surface area contributed by atoms with Gasteiger partial charge in [0.05, 0.1) is 7.11 Å². The summed E-state index contributed by atoms with van der Waals surface area (Å²) in [6.07, 6.45) is 0.806. The van der Waals surface area contributed by atoms with E-state index in [1.165, 1.54) is 4.90 Å². The number of nitrogens with zero attached hydrogens (tertiary/aromatic N) is 1. The van der Waals surface area contributed by atoms with Crippen molar-refractivity contribution in [1.29, 1.82) is 0 Å². The first kappa shape index (κ1) is 23.5. The SMILES string of the molecule is CC[C@@H](C)NC(=O)[C@H](C)N(Cc1cccc(OC)c1)C(=O)COc1cccc(Cl)c1. The first-order valence-electron chi connectivity index (χ1n) is 9.95. The number of halogens is 1. The molecular weight excluding hydrogens is 404 g/mol. The topological polar surface area (TPSA) is 67.9 Å². The largest absolute Gasteiger partial charge is 0.497 e. The van der Waals surface area contributed by atoms with Crippen molar-refractivity contribution in [1.82, 2.24) is 10.2 Å². The second kappa shape index (κ2) is 11.5. The lowest BCUT2D eigenvalue weighted by Gasteiger charge is -2.29. The van der Waals surface area contributed by atoms with E-state index in [-0.39, 0.29) is 31.0 Å². The molecule has 2 amide bonds. The van der Waals surface area contributed by atoms with Gasteiger partial charge in [0.15, 0.2) is 6.61 Å². The Balaban J connectivity index is 2.17. The number of ether oxygens (including phenoxy) is 2. The molecule has 2 aromatic rings. The number of hydrogen-bond donors (Lipinski definition) is 1. The van der Waals surface area contributed by atoms with Gasteiger partial charge in [0.2, 0.25) is 5.91 Å². The molecule has 1 N–H and O–H groups in total. The van der Waals surface area contributed by atoms with E-state index in [1.807, 2.05) is 38.1 Å². The number of methoxy groups -OCH3 is 1. The van der Waals surface area contributed by atoms with Crippen molar-refractivity contribution in [2.45, 2.75) is 45.8 Å². The minimum absolute atomic E-state index is 0.0245. The summed E-state index contributed by atoms with van der Waals surface area (Å²) in [5, 5.41) is 3.46. The molecule has 0 aliphatic rings. The van der Waals surface area contributed by atoms with Crippen LogP contribution in [0.4, 0.5) is 0 Å². The molecule has 6 nitrogen and oxygen atoms in total. The summed E-state index contributed by atoms with van der Waals surface area (Å²) < 4.78 is 10.9. The zero-order valence-electron chi connectivity index (χ0n) is 17.9. The van der Waals surface area contributed by atoms with Crippen LogP contribution in [0.5, 0.6) is 11.5 Å². The van der Waals surface area contributed by atoms with Gasteiger partial charge in [-0.15, -0.1) is 0 Å². The average molecular weight is 433 g/mol. The van der Waals surface area contributed by atoms with Gasteiger partial charge in [-0.1, -0.05) is 36.7 Å². The Morgan fingerprint density at radius 3 is 2.47 bits per heavy atom. The van der Waals surface area contributed by atoms with Crippen LogP contribution < -0.4 is 14.8 Å². The third-order valence-electron chi connectivity index (χ3n) is 4.81. The summed E-state index contributed by atoms with van der Waals surface area (Å²) in [7, 11) is 1.59. The monoisotopic (exact) mass is 432 g/mol. The molecule has 0 aromatic heterocycles. The fourth-order valence-corrected chi connectivity index (χ4v) is 2.98. The molecular formula is C23H29ClN2O4. The number of rotatable bonds is 10. The van der Waals surface area contributed by atoms with Gasteiger partial charge in [0.25, 0.3) is 5.91 Å². The standard InChI is InChI=1S/C23H29ClN2O4/c1-5-16(2)25-23(28)17(3)26(14-18-8-6-10-20(12-18)29-4)22(27)15-30-21-11-7-9-19(24)13-21/h6-13,16-17H,5,14-15H2,1-4H3,(H,25,28)/t16-,17+/m1/s1. The van der Waals surface area contributed by atoms with Gasteiger partial charge in [-0.25, -0.2) is 0 Å². The molecule has 30 heavy (non-hydrogen) atoms. The van der Waals surface area contributed by atoms with E-state index < -0.39 is 6.04 Å². The van der Waals surface area contributed by atoms with Crippen LogP contribution in [-0.2, 0) is 16.1 Å².